The molecule has 4 rings (SSSR count). The van der Waals surface area contributed by atoms with E-state index in [2.05, 4.69) is 25.1 Å². The van der Waals surface area contributed by atoms with E-state index in [1.165, 1.54) is 18.0 Å². The van der Waals surface area contributed by atoms with Gasteiger partial charge in [-0.1, -0.05) is 0 Å². The number of carbonyl (C=O) groups excluding carboxylic acids is 1. The van der Waals surface area contributed by atoms with Crippen LogP contribution in [0.2, 0.25) is 0 Å². The Morgan fingerprint density at radius 3 is 2.50 bits per heavy atom. The first-order chi connectivity index (χ1) is 14.4. The van der Waals surface area contributed by atoms with Crippen molar-refractivity contribution in [3.8, 4) is 0 Å². The fourth-order valence-electron chi connectivity index (χ4n) is 3.43. The molecular formula is C19H21F3N6OS. The van der Waals surface area contributed by atoms with Crippen molar-refractivity contribution in [2.24, 2.45) is 0 Å². The number of benzene rings is 1. The van der Waals surface area contributed by atoms with Gasteiger partial charge < -0.3 is 10.2 Å². The van der Waals surface area contributed by atoms with E-state index in [9.17, 15) is 18.0 Å². The molecule has 1 fully saturated rings. The Morgan fingerprint density at radius 2 is 1.80 bits per heavy atom. The summed E-state index contributed by atoms with van der Waals surface area (Å²) in [5.74, 6) is 0.742. The zero-order valence-corrected chi connectivity index (χ0v) is 16.9. The molecule has 7 nitrogen and oxygen atoms in total. The van der Waals surface area contributed by atoms with Crippen LogP contribution in [0, 0.1) is 0 Å². The number of aromatic nitrogens is 2. The van der Waals surface area contributed by atoms with Crippen LogP contribution in [-0.2, 0) is 6.18 Å². The molecule has 1 aromatic heterocycles. The number of urea groups is 1. The van der Waals surface area contributed by atoms with Gasteiger partial charge in [-0.05, 0) is 42.6 Å². The lowest BCUT2D eigenvalue weighted by molar-refractivity contribution is -0.137. The zero-order chi connectivity index (χ0) is 21.1. The lowest BCUT2D eigenvalue weighted by Crippen LogP contribution is -2.47. The number of nitrogens with zero attached hydrogens (tertiary/aromatic N) is 5. The number of halogens is 3. The van der Waals surface area contributed by atoms with E-state index in [0.29, 0.717) is 11.4 Å². The highest BCUT2D eigenvalue weighted by molar-refractivity contribution is 7.97. The van der Waals surface area contributed by atoms with Crippen molar-refractivity contribution in [3.63, 3.8) is 0 Å². The smallest absolute Gasteiger partial charge is 0.338 e. The second-order valence-corrected chi connectivity index (χ2v) is 8.13. The van der Waals surface area contributed by atoms with Crippen LogP contribution in [0.25, 0.3) is 0 Å². The summed E-state index contributed by atoms with van der Waals surface area (Å²) >= 11 is 1.18. The maximum atomic E-state index is 12.9. The highest BCUT2D eigenvalue weighted by Crippen LogP contribution is 2.39. The van der Waals surface area contributed by atoms with Crippen LogP contribution in [0.15, 0.2) is 41.6 Å². The van der Waals surface area contributed by atoms with Gasteiger partial charge >= 0.3 is 12.2 Å². The number of fused-ring (bicyclic) bond motifs is 1. The molecule has 0 saturated carbocycles. The number of piperazine rings is 1. The van der Waals surface area contributed by atoms with E-state index in [0.717, 1.165) is 57.2 Å². The number of anilines is 2. The van der Waals surface area contributed by atoms with Crippen molar-refractivity contribution in [1.82, 2.24) is 19.2 Å². The van der Waals surface area contributed by atoms with Crippen LogP contribution < -0.4 is 10.2 Å². The van der Waals surface area contributed by atoms with E-state index in [1.54, 1.807) is 22.8 Å². The van der Waals surface area contributed by atoms with E-state index in [4.69, 9.17) is 0 Å². The monoisotopic (exact) mass is 438 g/mol. The molecule has 30 heavy (non-hydrogen) atoms. The van der Waals surface area contributed by atoms with Crippen LogP contribution in [0.4, 0.5) is 29.6 Å². The third-order valence-electron chi connectivity index (χ3n) is 5.03. The van der Waals surface area contributed by atoms with Gasteiger partial charge in [-0.15, -0.1) is 0 Å². The standard InChI is InChI=1S/C19H21F3N6OS/c20-19(21,22)14-3-4-16-15(13-14)25-18(29)28(30-16)8-2-7-26-9-11-27(12-10-26)17-23-5-1-6-24-17/h1,3-6,13H,2,7-12H2,(H,25,29). The largest absolute Gasteiger partial charge is 0.416 e. The van der Waals surface area contributed by atoms with Gasteiger partial charge in [0, 0.05) is 51.7 Å². The Balaban J connectivity index is 1.25. The second kappa shape index (κ2) is 8.68. The number of alkyl halides is 3. The number of carbonyl (C=O) groups is 1. The molecule has 0 spiro atoms. The Labute approximate surface area is 176 Å². The van der Waals surface area contributed by atoms with E-state index in [-0.39, 0.29) is 5.69 Å². The number of nitrogens with one attached hydrogen (secondary N) is 1. The van der Waals surface area contributed by atoms with Gasteiger partial charge in [0.05, 0.1) is 16.1 Å². The summed E-state index contributed by atoms with van der Waals surface area (Å²) in [5.41, 5.74) is -0.564. The molecule has 3 heterocycles. The average Bonchev–Trinajstić information content (AvgIpc) is 2.74. The number of hydrogen-bond acceptors (Lipinski definition) is 6. The molecule has 0 aliphatic carbocycles. The first-order valence-corrected chi connectivity index (χ1v) is 10.4. The third kappa shape index (κ3) is 4.78. The molecule has 1 N–H and O–H groups in total. The Hall–Kier alpha value is -2.53. The van der Waals surface area contributed by atoms with Crippen LogP contribution in [0.1, 0.15) is 12.0 Å². The maximum Gasteiger partial charge on any atom is 0.416 e. The predicted octanol–water partition coefficient (Wildman–Crippen LogP) is 3.56. The van der Waals surface area contributed by atoms with E-state index in [1.807, 2.05) is 0 Å². The highest BCUT2D eigenvalue weighted by atomic mass is 32.2. The molecule has 0 atom stereocenters. The van der Waals surface area contributed by atoms with Crippen LogP contribution >= 0.6 is 11.9 Å². The zero-order valence-electron chi connectivity index (χ0n) is 16.1. The van der Waals surface area contributed by atoms with Crippen molar-refractivity contribution >= 4 is 29.6 Å². The normalized spacial score (nSPS) is 17.6. The van der Waals surface area contributed by atoms with Gasteiger partial charge in [0.2, 0.25) is 5.95 Å². The summed E-state index contributed by atoms with van der Waals surface area (Å²) in [7, 11) is 0. The molecule has 2 aliphatic heterocycles. The topological polar surface area (TPSA) is 64.6 Å². The molecule has 2 amide bonds. The summed E-state index contributed by atoms with van der Waals surface area (Å²) in [6, 6.07) is 4.82. The van der Waals surface area contributed by atoms with Gasteiger partial charge in [-0.2, -0.15) is 13.2 Å². The van der Waals surface area contributed by atoms with Gasteiger partial charge in [0.1, 0.15) is 0 Å². The van der Waals surface area contributed by atoms with Crippen molar-refractivity contribution in [3.05, 3.63) is 42.2 Å². The molecule has 11 heteroatoms. The lowest BCUT2D eigenvalue weighted by Gasteiger charge is -2.35. The molecule has 0 bridgehead atoms. The summed E-state index contributed by atoms with van der Waals surface area (Å²) in [6.07, 6.45) is -0.188. The summed E-state index contributed by atoms with van der Waals surface area (Å²) in [5, 5.41) is 2.57. The minimum Gasteiger partial charge on any atom is -0.338 e. The van der Waals surface area contributed by atoms with Crippen LogP contribution in [0.5, 0.6) is 0 Å². The Kier molecular flexibility index (Phi) is 6.00. The van der Waals surface area contributed by atoms with E-state index < -0.39 is 17.8 Å². The van der Waals surface area contributed by atoms with Crippen LogP contribution in [-0.4, -0.2) is 64.5 Å². The molecule has 2 aliphatic rings. The lowest BCUT2D eigenvalue weighted by atomic mass is 10.2. The maximum absolute atomic E-state index is 12.9. The van der Waals surface area contributed by atoms with Crippen LogP contribution in [0.3, 0.4) is 0 Å². The quantitative estimate of drug-likeness (QED) is 0.721. The average molecular weight is 438 g/mol. The predicted molar refractivity (Wildman–Crippen MR) is 108 cm³/mol. The summed E-state index contributed by atoms with van der Waals surface area (Å²) in [6.45, 7) is 4.82. The minimum absolute atomic E-state index is 0.204. The summed E-state index contributed by atoms with van der Waals surface area (Å²) in [4.78, 5) is 25.9. The number of amides is 2. The van der Waals surface area contributed by atoms with E-state index >= 15 is 0 Å². The van der Waals surface area contributed by atoms with Gasteiger partial charge in [0.25, 0.3) is 0 Å². The number of rotatable bonds is 5. The first-order valence-electron chi connectivity index (χ1n) is 9.62. The minimum atomic E-state index is -4.43. The summed E-state index contributed by atoms with van der Waals surface area (Å²) < 4.78 is 40.1. The molecule has 1 saturated heterocycles. The SMILES string of the molecule is O=C1Nc2cc(C(F)(F)F)ccc2SN1CCCN1CCN(c2ncccn2)CC1. The molecule has 2 aromatic rings. The van der Waals surface area contributed by atoms with Crippen molar-refractivity contribution in [1.29, 1.82) is 0 Å². The molecule has 0 radical (unpaired) electrons. The highest BCUT2D eigenvalue weighted by Gasteiger charge is 2.33. The van der Waals surface area contributed by atoms with Gasteiger partial charge in [-0.3, -0.25) is 9.21 Å². The van der Waals surface area contributed by atoms with Gasteiger partial charge in [0.15, 0.2) is 0 Å². The van der Waals surface area contributed by atoms with Gasteiger partial charge in [-0.25, -0.2) is 14.8 Å². The second-order valence-electron chi connectivity index (χ2n) is 7.06. The Bertz CT molecular complexity index is 890. The first kappa shape index (κ1) is 20.7. The molecule has 1 aromatic carbocycles. The number of hydrogen-bond donors (Lipinski definition) is 1. The Morgan fingerprint density at radius 1 is 1.07 bits per heavy atom. The van der Waals surface area contributed by atoms with Crippen molar-refractivity contribution < 1.29 is 18.0 Å². The fraction of sp³-hybridized carbons (Fsp3) is 0.421. The molecular weight excluding hydrogens is 417 g/mol. The fourth-order valence-corrected chi connectivity index (χ4v) is 4.36. The van der Waals surface area contributed by atoms with Crippen molar-refractivity contribution in [2.75, 3.05) is 49.5 Å². The van der Waals surface area contributed by atoms with Crippen molar-refractivity contribution in [2.45, 2.75) is 17.5 Å². The third-order valence-corrected chi connectivity index (χ3v) is 6.15. The molecule has 0 unspecified atom stereocenters. The molecule has 160 valence electrons.